The van der Waals surface area contributed by atoms with Crippen LogP contribution in [0.3, 0.4) is 0 Å². The second kappa shape index (κ2) is 5.80. The van der Waals surface area contributed by atoms with Crippen LogP contribution in [0.2, 0.25) is 0 Å². The number of hydrogen-bond donors (Lipinski definition) is 1. The van der Waals surface area contributed by atoms with Crippen LogP contribution in [0.1, 0.15) is 35.2 Å². The van der Waals surface area contributed by atoms with Crippen LogP contribution in [0.15, 0.2) is 24.3 Å². The number of halogens is 1. The Morgan fingerprint density at radius 1 is 1.44 bits per heavy atom. The van der Waals surface area contributed by atoms with E-state index in [9.17, 15) is 9.59 Å². The number of aromatic carboxylic acids is 1. The summed E-state index contributed by atoms with van der Waals surface area (Å²) in [5.74, 6) is -0.706. The average Bonchev–Trinajstić information content (AvgIpc) is 2.28. The van der Waals surface area contributed by atoms with Crippen LogP contribution in [-0.2, 0) is 4.79 Å². The summed E-state index contributed by atoms with van der Waals surface area (Å²) in [6.07, 6.45) is 1.57. The van der Waals surface area contributed by atoms with Crippen LogP contribution >= 0.6 is 15.9 Å². The van der Waals surface area contributed by atoms with E-state index in [0.29, 0.717) is 6.42 Å². The second-order valence-electron chi connectivity index (χ2n) is 3.72. The van der Waals surface area contributed by atoms with E-state index >= 15 is 0 Å². The molecule has 3 nitrogen and oxygen atoms in total. The fourth-order valence-corrected chi connectivity index (χ4v) is 2.04. The van der Waals surface area contributed by atoms with Crippen LogP contribution in [0, 0.1) is 0 Å². The Morgan fingerprint density at radius 2 is 2.00 bits per heavy atom. The van der Waals surface area contributed by atoms with Gasteiger partial charge >= 0.3 is 5.97 Å². The molecular formula is C12H13BrO3. The van der Waals surface area contributed by atoms with Gasteiger partial charge in [-0.15, -0.1) is 0 Å². The lowest BCUT2D eigenvalue weighted by atomic mass is 9.95. The van der Waals surface area contributed by atoms with Gasteiger partial charge in [-0.05, 0) is 30.0 Å². The normalized spacial score (nSPS) is 14.1. The largest absolute Gasteiger partial charge is 0.478 e. The fourth-order valence-electron chi connectivity index (χ4n) is 1.48. The van der Waals surface area contributed by atoms with Gasteiger partial charge in [-0.1, -0.05) is 35.0 Å². The van der Waals surface area contributed by atoms with Crippen LogP contribution in [0.25, 0.3) is 0 Å². The maximum atomic E-state index is 10.7. The standard InChI is InChI=1S/C12H13BrO3/c1-8(6-11(13)7-14)9-2-4-10(5-3-9)12(15)16/h2-5,7-8,11H,6H2,1H3,(H,15,16). The predicted molar refractivity (Wildman–Crippen MR) is 65.2 cm³/mol. The van der Waals surface area contributed by atoms with Gasteiger partial charge in [0, 0.05) is 0 Å². The third-order valence-corrected chi connectivity index (χ3v) is 3.04. The third-order valence-electron chi connectivity index (χ3n) is 2.45. The molecular weight excluding hydrogens is 272 g/mol. The van der Waals surface area contributed by atoms with Gasteiger partial charge in [0.25, 0.3) is 0 Å². The maximum Gasteiger partial charge on any atom is 0.335 e. The number of carboxylic acids is 1. The fraction of sp³-hybridized carbons (Fsp3) is 0.333. The molecule has 1 rings (SSSR count). The highest BCUT2D eigenvalue weighted by molar-refractivity contribution is 9.09. The molecule has 16 heavy (non-hydrogen) atoms. The number of alkyl halides is 1. The van der Waals surface area contributed by atoms with Crippen molar-refractivity contribution in [2.45, 2.75) is 24.1 Å². The minimum atomic E-state index is -0.925. The molecule has 2 atom stereocenters. The summed E-state index contributed by atoms with van der Waals surface area (Å²) in [7, 11) is 0. The maximum absolute atomic E-state index is 10.7. The number of carbonyl (C=O) groups excluding carboxylic acids is 1. The summed E-state index contributed by atoms with van der Waals surface area (Å²) in [6, 6.07) is 6.74. The van der Waals surface area contributed by atoms with Gasteiger partial charge in [0.2, 0.25) is 0 Å². The number of carboxylic acid groups (broad SMARTS) is 1. The number of carbonyl (C=O) groups is 2. The Morgan fingerprint density at radius 3 is 2.44 bits per heavy atom. The van der Waals surface area contributed by atoms with Gasteiger partial charge in [-0.2, -0.15) is 0 Å². The first-order valence-corrected chi connectivity index (χ1v) is 5.88. The molecule has 0 fully saturated rings. The molecule has 0 saturated carbocycles. The first-order chi connectivity index (χ1) is 7.54. The van der Waals surface area contributed by atoms with Crippen molar-refractivity contribution >= 4 is 28.2 Å². The highest BCUT2D eigenvalue weighted by Crippen LogP contribution is 2.23. The topological polar surface area (TPSA) is 54.4 Å². The van der Waals surface area contributed by atoms with E-state index in [4.69, 9.17) is 5.11 Å². The molecule has 0 amide bonds. The minimum absolute atomic E-state index is 0.151. The van der Waals surface area contributed by atoms with Gasteiger partial charge in [0.05, 0.1) is 10.4 Å². The monoisotopic (exact) mass is 284 g/mol. The van der Waals surface area contributed by atoms with E-state index in [-0.39, 0.29) is 16.3 Å². The van der Waals surface area contributed by atoms with Crippen LogP contribution in [-0.4, -0.2) is 22.2 Å². The molecule has 86 valence electrons. The summed E-state index contributed by atoms with van der Waals surface area (Å²) in [6.45, 7) is 2.01. The van der Waals surface area contributed by atoms with E-state index < -0.39 is 5.97 Å². The van der Waals surface area contributed by atoms with E-state index in [1.54, 1.807) is 24.3 Å². The zero-order valence-electron chi connectivity index (χ0n) is 8.89. The SMILES string of the molecule is CC(CC(Br)C=O)c1ccc(C(=O)O)cc1. The van der Waals surface area contributed by atoms with Crippen molar-refractivity contribution in [3.8, 4) is 0 Å². The van der Waals surface area contributed by atoms with Gasteiger partial charge in [-0.25, -0.2) is 4.79 Å². The third kappa shape index (κ3) is 3.45. The van der Waals surface area contributed by atoms with E-state index in [1.165, 1.54) is 0 Å². The molecule has 1 N–H and O–H groups in total. The number of rotatable bonds is 5. The lowest BCUT2D eigenvalue weighted by molar-refractivity contribution is -0.107. The number of aldehydes is 1. The summed E-state index contributed by atoms with van der Waals surface area (Å²) < 4.78 is 0. The van der Waals surface area contributed by atoms with Crippen LogP contribution in [0.4, 0.5) is 0 Å². The first-order valence-electron chi connectivity index (χ1n) is 4.97. The molecule has 0 aromatic heterocycles. The highest BCUT2D eigenvalue weighted by atomic mass is 79.9. The minimum Gasteiger partial charge on any atom is -0.478 e. The molecule has 0 heterocycles. The van der Waals surface area contributed by atoms with Gasteiger partial charge < -0.3 is 9.90 Å². The lowest BCUT2D eigenvalue weighted by Gasteiger charge is -2.12. The predicted octanol–water partition coefficient (Wildman–Crippen LogP) is 2.84. The molecule has 0 spiro atoms. The van der Waals surface area contributed by atoms with Crippen molar-refractivity contribution in [2.24, 2.45) is 0 Å². The molecule has 1 aromatic rings. The van der Waals surface area contributed by atoms with Gasteiger partial charge in [0.1, 0.15) is 6.29 Å². The Balaban J connectivity index is 2.73. The number of hydrogen-bond acceptors (Lipinski definition) is 2. The summed E-state index contributed by atoms with van der Waals surface area (Å²) >= 11 is 3.25. The average molecular weight is 285 g/mol. The van der Waals surface area contributed by atoms with Crippen LogP contribution < -0.4 is 0 Å². The zero-order valence-corrected chi connectivity index (χ0v) is 10.5. The Hall–Kier alpha value is -1.16. The lowest BCUT2D eigenvalue weighted by Crippen LogP contribution is -2.05. The Labute approximate surface area is 103 Å². The van der Waals surface area contributed by atoms with E-state index in [1.807, 2.05) is 6.92 Å². The summed E-state index contributed by atoms with van der Waals surface area (Å²) in [5, 5.41) is 8.74. The van der Waals surface area contributed by atoms with Crippen molar-refractivity contribution in [2.75, 3.05) is 0 Å². The molecule has 4 heteroatoms. The van der Waals surface area contributed by atoms with Crippen molar-refractivity contribution in [3.63, 3.8) is 0 Å². The first kappa shape index (κ1) is 12.9. The zero-order chi connectivity index (χ0) is 12.1. The van der Waals surface area contributed by atoms with E-state index in [2.05, 4.69) is 15.9 Å². The molecule has 0 aliphatic rings. The summed E-state index contributed by atoms with van der Waals surface area (Å²) in [5.41, 5.74) is 1.32. The molecule has 2 unspecified atom stereocenters. The summed E-state index contributed by atoms with van der Waals surface area (Å²) in [4.78, 5) is 21.0. The van der Waals surface area contributed by atoms with Crippen molar-refractivity contribution in [1.29, 1.82) is 0 Å². The van der Waals surface area contributed by atoms with E-state index in [0.717, 1.165) is 11.8 Å². The molecule has 1 aromatic carbocycles. The Kier molecular flexibility index (Phi) is 4.68. The smallest absolute Gasteiger partial charge is 0.335 e. The number of benzene rings is 1. The van der Waals surface area contributed by atoms with Gasteiger partial charge in [0.15, 0.2) is 0 Å². The Bertz CT molecular complexity index is 372. The van der Waals surface area contributed by atoms with Gasteiger partial charge in [-0.3, -0.25) is 0 Å². The van der Waals surface area contributed by atoms with Crippen molar-refractivity contribution < 1.29 is 14.7 Å². The quantitative estimate of drug-likeness (QED) is 0.668. The highest BCUT2D eigenvalue weighted by Gasteiger charge is 2.11. The molecule has 0 radical (unpaired) electrons. The molecule has 0 aliphatic heterocycles. The molecule has 0 bridgehead atoms. The van der Waals surface area contributed by atoms with Crippen molar-refractivity contribution in [3.05, 3.63) is 35.4 Å². The molecule has 0 aliphatic carbocycles. The van der Waals surface area contributed by atoms with Crippen molar-refractivity contribution in [1.82, 2.24) is 0 Å². The van der Waals surface area contributed by atoms with Crippen LogP contribution in [0.5, 0.6) is 0 Å². The molecule has 0 saturated heterocycles. The second-order valence-corrected chi connectivity index (χ2v) is 4.89.